The molecule has 0 spiro atoms. The second-order valence-electron chi connectivity index (χ2n) is 7.90. The van der Waals surface area contributed by atoms with Crippen LogP contribution in [0, 0.1) is 0 Å². The van der Waals surface area contributed by atoms with Crippen molar-refractivity contribution in [3.8, 4) is 17.2 Å². The fourth-order valence-corrected chi connectivity index (χ4v) is 3.62. The number of carbonyl (C=O) groups excluding carboxylic acids is 2. The fraction of sp³-hybridized carbons (Fsp3) is 0.462. The van der Waals surface area contributed by atoms with Crippen molar-refractivity contribution in [3.63, 3.8) is 0 Å². The van der Waals surface area contributed by atoms with Gasteiger partial charge in [0.2, 0.25) is 11.8 Å². The van der Waals surface area contributed by atoms with Crippen molar-refractivity contribution < 1.29 is 24.2 Å². The lowest BCUT2D eigenvalue weighted by atomic mass is 10.0. The molecule has 7 nitrogen and oxygen atoms in total. The number of nitrogens with zero attached hydrogens (tertiary/aromatic N) is 1. The Balaban J connectivity index is 2.54. The van der Waals surface area contributed by atoms with Gasteiger partial charge in [-0.05, 0) is 42.7 Å². The first kappa shape index (κ1) is 26.0. The summed E-state index contributed by atoms with van der Waals surface area (Å²) >= 11 is 0. The number of hydrogen-bond acceptors (Lipinski definition) is 5. The van der Waals surface area contributed by atoms with Crippen molar-refractivity contribution in [2.45, 2.75) is 58.4 Å². The topological polar surface area (TPSA) is 88.1 Å². The van der Waals surface area contributed by atoms with Gasteiger partial charge in [0.15, 0.2) is 11.5 Å². The largest absolute Gasteiger partial charge is 0.508 e. The number of anilines is 1. The van der Waals surface area contributed by atoms with Crippen LogP contribution in [0.2, 0.25) is 0 Å². The smallest absolute Gasteiger partial charge is 0.247 e. The summed E-state index contributed by atoms with van der Waals surface area (Å²) in [6.45, 7) is 4.66. The van der Waals surface area contributed by atoms with Crippen LogP contribution in [-0.4, -0.2) is 37.7 Å². The van der Waals surface area contributed by atoms with Crippen LogP contribution < -0.4 is 19.7 Å². The van der Waals surface area contributed by atoms with Gasteiger partial charge in [-0.2, -0.15) is 0 Å². The Hall–Kier alpha value is -3.22. The average molecular weight is 457 g/mol. The van der Waals surface area contributed by atoms with E-state index in [9.17, 15) is 14.7 Å². The van der Waals surface area contributed by atoms with Crippen LogP contribution >= 0.6 is 0 Å². The van der Waals surface area contributed by atoms with Crippen molar-refractivity contribution in [1.29, 1.82) is 0 Å². The van der Waals surface area contributed by atoms with Gasteiger partial charge in [0.1, 0.15) is 11.8 Å². The maximum atomic E-state index is 13.4. The van der Waals surface area contributed by atoms with Crippen molar-refractivity contribution in [3.05, 3.63) is 48.0 Å². The van der Waals surface area contributed by atoms with E-state index in [-0.39, 0.29) is 17.6 Å². The van der Waals surface area contributed by atoms with Gasteiger partial charge in [-0.1, -0.05) is 45.2 Å². The minimum Gasteiger partial charge on any atom is -0.508 e. The lowest BCUT2D eigenvalue weighted by molar-refractivity contribution is -0.126. The second-order valence-corrected chi connectivity index (χ2v) is 7.90. The normalized spacial score (nSPS) is 11.5. The summed E-state index contributed by atoms with van der Waals surface area (Å²) in [6, 6.07) is 10.7. The van der Waals surface area contributed by atoms with Gasteiger partial charge in [0.25, 0.3) is 0 Å². The van der Waals surface area contributed by atoms with Crippen LogP contribution in [0.15, 0.2) is 42.5 Å². The molecule has 0 saturated carbocycles. The summed E-state index contributed by atoms with van der Waals surface area (Å²) < 4.78 is 10.8. The third-order valence-corrected chi connectivity index (χ3v) is 5.45. The Morgan fingerprint density at radius 3 is 2.21 bits per heavy atom. The molecule has 7 heteroatoms. The molecule has 2 aromatic carbocycles. The molecule has 2 amide bonds. The second kappa shape index (κ2) is 13.4. The molecule has 1 unspecified atom stereocenters. The first-order valence-electron chi connectivity index (χ1n) is 11.6. The number of phenols is 1. The summed E-state index contributed by atoms with van der Waals surface area (Å²) in [5.74, 6) is 0.668. The number of benzene rings is 2. The predicted molar refractivity (Wildman–Crippen MR) is 130 cm³/mol. The first-order chi connectivity index (χ1) is 16.0. The van der Waals surface area contributed by atoms with Crippen molar-refractivity contribution in [2.24, 2.45) is 0 Å². The number of phenolic OH excluding ortho intramolecular Hbond substituents is 1. The molecule has 0 heterocycles. The number of nitrogens with one attached hydrogen (secondary N) is 1. The van der Waals surface area contributed by atoms with E-state index >= 15 is 0 Å². The summed E-state index contributed by atoms with van der Waals surface area (Å²) in [6.07, 6.45) is 4.80. The Morgan fingerprint density at radius 1 is 0.939 bits per heavy atom. The standard InChI is InChI=1S/C26H36N2O5/c1-5-7-9-17-27-26(31)25(19-11-14-21(29)15-12-19)28(24(30)10-8-6-2)20-13-16-22(32-3)23(18-20)33-4/h11-16,18,25,29H,5-10,17H2,1-4H3,(H,27,31). The molecule has 0 aliphatic carbocycles. The van der Waals surface area contributed by atoms with E-state index in [1.807, 2.05) is 6.92 Å². The zero-order valence-corrected chi connectivity index (χ0v) is 20.1. The van der Waals surface area contributed by atoms with Gasteiger partial charge in [-0.25, -0.2) is 0 Å². The van der Waals surface area contributed by atoms with Gasteiger partial charge in [0, 0.05) is 24.7 Å². The number of aromatic hydroxyl groups is 1. The summed E-state index contributed by atoms with van der Waals surface area (Å²) in [4.78, 5) is 28.4. The summed E-state index contributed by atoms with van der Waals surface area (Å²) in [7, 11) is 3.08. The van der Waals surface area contributed by atoms with Crippen molar-refractivity contribution in [2.75, 3.05) is 25.7 Å². The third-order valence-electron chi connectivity index (χ3n) is 5.45. The van der Waals surface area contributed by atoms with Crippen LogP contribution in [0.3, 0.4) is 0 Å². The van der Waals surface area contributed by atoms with E-state index in [1.165, 1.54) is 24.1 Å². The van der Waals surface area contributed by atoms with Crippen LogP contribution in [0.4, 0.5) is 5.69 Å². The highest BCUT2D eigenvalue weighted by molar-refractivity contribution is 6.01. The number of rotatable bonds is 13. The quantitative estimate of drug-likeness (QED) is 0.415. The molecule has 33 heavy (non-hydrogen) atoms. The Labute approximate surface area is 196 Å². The average Bonchev–Trinajstić information content (AvgIpc) is 2.83. The van der Waals surface area contributed by atoms with Crippen LogP contribution in [0.5, 0.6) is 17.2 Å². The Bertz CT molecular complexity index is 898. The third kappa shape index (κ3) is 7.14. The number of amides is 2. The van der Waals surface area contributed by atoms with E-state index in [4.69, 9.17) is 9.47 Å². The lowest BCUT2D eigenvalue weighted by Gasteiger charge is -2.32. The number of carbonyl (C=O) groups is 2. The van der Waals surface area contributed by atoms with Crippen molar-refractivity contribution in [1.82, 2.24) is 5.32 Å². The first-order valence-corrected chi connectivity index (χ1v) is 11.6. The van der Waals surface area contributed by atoms with Gasteiger partial charge in [-0.3, -0.25) is 14.5 Å². The highest BCUT2D eigenvalue weighted by Gasteiger charge is 2.33. The van der Waals surface area contributed by atoms with Gasteiger partial charge in [0.05, 0.1) is 14.2 Å². The summed E-state index contributed by atoms with van der Waals surface area (Å²) in [5.41, 5.74) is 1.15. The number of methoxy groups -OCH3 is 2. The Kier molecular flexibility index (Phi) is 10.5. The van der Waals surface area contributed by atoms with Gasteiger partial charge in [-0.15, -0.1) is 0 Å². The minimum absolute atomic E-state index is 0.0934. The van der Waals surface area contributed by atoms with Gasteiger partial charge >= 0.3 is 0 Å². The molecule has 1 atom stereocenters. The monoisotopic (exact) mass is 456 g/mol. The molecule has 0 radical (unpaired) electrons. The molecule has 0 aliphatic rings. The van der Waals surface area contributed by atoms with E-state index < -0.39 is 6.04 Å². The number of ether oxygens (including phenoxy) is 2. The number of hydrogen-bond donors (Lipinski definition) is 2. The van der Waals surface area contributed by atoms with Crippen LogP contribution in [0.1, 0.15) is 64.0 Å². The molecule has 0 bridgehead atoms. The van der Waals surface area contributed by atoms with Gasteiger partial charge < -0.3 is 19.9 Å². The maximum Gasteiger partial charge on any atom is 0.247 e. The van der Waals surface area contributed by atoms with E-state index in [2.05, 4.69) is 12.2 Å². The predicted octanol–water partition coefficient (Wildman–Crippen LogP) is 4.98. The molecule has 180 valence electrons. The van der Waals surface area contributed by atoms with E-state index in [0.29, 0.717) is 42.1 Å². The molecule has 2 aromatic rings. The summed E-state index contributed by atoms with van der Waals surface area (Å²) in [5, 5.41) is 12.8. The fourth-order valence-electron chi connectivity index (χ4n) is 3.62. The zero-order valence-electron chi connectivity index (χ0n) is 20.1. The minimum atomic E-state index is -0.894. The van der Waals surface area contributed by atoms with Crippen molar-refractivity contribution >= 4 is 17.5 Å². The molecule has 0 aromatic heterocycles. The molecule has 0 aliphatic heterocycles. The molecular weight excluding hydrogens is 420 g/mol. The maximum absolute atomic E-state index is 13.4. The molecule has 2 N–H and O–H groups in total. The van der Waals surface area contributed by atoms with E-state index in [1.54, 1.807) is 37.4 Å². The zero-order chi connectivity index (χ0) is 24.2. The van der Waals surface area contributed by atoms with E-state index in [0.717, 1.165) is 25.7 Å². The lowest BCUT2D eigenvalue weighted by Crippen LogP contribution is -2.44. The molecule has 2 rings (SSSR count). The highest BCUT2D eigenvalue weighted by atomic mass is 16.5. The highest BCUT2D eigenvalue weighted by Crippen LogP contribution is 2.36. The van der Waals surface area contributed by atoms with Crippen LogP contribution in [-0.2, 0) is 9.59 Å². The molecule has 0 fully saturated rings. The van der Waals surface area contributed by atoms with Crippen LogP contribution in [0.25, 0.3) is 0 Å². The number of unbranched alkanes of at least 4 members (excludes halogenated alkanes) is 3. The SMILES string of the molecule is CCCCCNC(=O)C(c1ccc(O)cc1)N(C(=O)CCCC)c1ccc(OC)c(OC)c1. The molecular formula is C26H36N2O5. The molecule has 0 saturated heterocycles. The Morgan fingerprint density at radius 2 is 1.61 bits per heavy atom.